The molecule has 11 atom stereocenters. The molecule has 15 heteroatoms. The molecule has 2 aliphatic heterocycles. The maximum atomic E-state index is 13.0. The largest absolute Gasteiger partial charge is 0.462 e. The second-order valence-electron chi connectivity index (χ2n) is 19.1. The van der Waals surface area contributed by atoms with E-state index in [1.54, 1.807) is 0 Å². The minimum Gasteiger partial charge on any atom is -0.462 e. The summed E-state index contributed by atoms with van der Waals surface area (Å²) in [6, 6.07) is 0. The predicted molar refractivity (Wildman–Crippen MR) is 261 cm³/mol. The second kappa shape index (κ2) is 40.6. The Kier molecular flexibility index (Phi) is 37.0. The normalized spacial score (nSPS) is 25.9. The van der Waals surface area contributed by atoms with Crippen molar-refractivity contribution in [2.45, 2.75) is 274 Å². The van der Waals surface area contributed by atoms with Crippen molar-refractivity contribution in [3.63, 3.8) is 0 Å². The van der Waals surface area contributed by atoms with Crippen LogP contribution < -0.4 is 0 Å². The highest BCUT2D eigenvalue weighted by Gasteiger charge is 2.47. The van der Waals surface area contributed by atoms with Crippen molar-refractivity contribution in [3.05, 3.63) is 24.3 Å². The smallest absolute Gasteiger partial charge is 0.306 e. The predicted octanol–water partition coefficient (Wildman–Crippen LogP) is 7.94. The molecular formula is C53H96O15. The highest BCUT2D eigenvalue weighted by atomic mass is 16.7. The standard InChI is InChI=1S/C53H96O15/c1-3-5-7-9-11-13-15-17-19-21-23-25-27-29-31-33-35-44(55)63-38-41(66-45(56)36-34-32-30-28-26-24-22-20-18-16-14-12-10-8-6-4-2)39-64-52-51(62)49(60)47(58)43(68-52)40-65-53-50(61)48(59)46(57)42(37-54)67-53/h14,16,20,22,41-43,46-54,57-62H,3-13,15,17-19,21,23-40H2,1-2H3/b16-14-,22-20-. The van der Waals surface area contributed by atoms with Crippen LogP contribution in [0.2, 0.25) is 0 Å². The van der Waals surface area contributed by atoms with Crippen LogP contribution in [-0.4, -0.2) is 142 Å². The molecule has 11 unspecified atom stereocenters. The molecule has 0 spiro atoms. The molecule has 68 heavy (non-hydrogen) atoms. The molecule has 0 aromatic heterocycles. The zero-order valence-corrected chi connectivity index (χ0v) is 42.1. The molecule has 15 nitrogen and oxygen atoms in total. The summed E-state index contributed by atoms with van der Waals surface area (Å²) in [5.41, 5.74) is 0. The number of hydrogen-bond donors (Lipinski definition) is 7. The van der Waals surface area contributed by atoms with Gasteiger partial charge >= 0.3 is 11.9 Å². The van der Waals surface area contributed by atoms with E-state index in [9.17, 15) is 45.3 Å². The lowest BCUT2D eigenvalue weighted by Gasteiger charge is -2.42. The number of esters is 2. The Balaban J connectivity index is 1.80. The minimum absolute atomic E-state index is 0.152. The van der Waals surface area contributed by atoms with Crippen molar-refractivity contribution >= 4 is 11.9 Å². The van der Waals surface area contributed by atoms with Crippen molar-refractivity contribution in [3.8, 4) is 0 Å². The maximum Gasteiger partial charge on any atom is 0.306 e. The van der Waals surface area contributed by atoms with Gasteiger partial charge in [0, 0.05) is 12.8 Å². The highest BCUT2D eigenvalue weighted by Crippen LogP contribution is 2.26. The molecule has 398 valence electrons. The number of hydrogen-bond acceptors (Lipinski definition) is 15. The summed E-state index contributed by atoms with van der Waals surface area (Å²) in [7, 11) is 0. The number of unbranched alkanes of at least 4 members (excludes halogenated alkanes) is 24. The maximum absolute atomic E-state index is 13.0. The van der Waals surface area contributed by atoms with Crippen LogP contribution in [0.3, 0.4) is 0 Å². The first kappa shape index (κ1) is 62.1. The summed E-state index contributed by atoms with van der Waals surface area (Å²) >= 11 is 0. The summed E-state index contributed by atoms with van der Waals surface area (Å²) < 4.78 is 33.6. The molecule has 2 fully saturated rings. The summed E-state index contributed by atoms with van der Waals surface area (Å²) in [4.78, 5) is 25.8. The Morgan fingerprint density at radius 3 is 1.38 bits per heavy atom. The van der Waals surface area contributed by atoms with Crippen LogP contribution in [0.15, 0.2) is 24.3 Å². The fourth-order valence-corrected chi connectivity index (χ4v) is 8.48. The van der Waals surface area contributed by atoms with Gasteiger partial charge in [0.1, 0.15) is 55.4 Å². The number of carbonyl (C=O) groups excluding carboxylic acids is 2. The average Bonchev–Trinajstić information content (AvgIpc) is 3.33. The van der Waals surface area contributed by atoms with Crippen molar-refractivity contribution in [2.75, 3.05) is 26.4 Å². The molecule has 0 aromatic carbocycles. The SMILES string of the molecule is CCCCCC/C=C\C/C=C\CCCCCCCC(=O)OC(COC(=O)CCCCCCCCCCCCCCCCCC)COC1OC(COC2OC(CO)C(O)C(O)C2O)C(O)C(O)C1O. The molecule has 2 heterocycles. The van der Waals surface area contributed by atoms with Crippen molar-refractivity contribution in [1.29, 1.82) is 0 Å². The second-order valence-corrected chi connectivity index (χ2v) is 19.1. The number of allylic oxidation sites excluding steroid dienone is 4. The van der Waals surface area contributed by atoms with Crippen LogP contribution in [0.4, 0.5) is 0 Å². The van der Waals surface area contributed by atoms with Crippen LogP contribution in [0.5, 0.6) is 0 Å². The van der Waals surface area contributed by atoms with E-state index in [0.29, 0.717) is 12.8 Å². The summed E-state index contributed by atoms with van der Waals surface area (Å²) in [6.07, 6.45) is 24.8. The third-order valence-corrected chi connectivity index (χ3v) is 12.9. The number of rotatable bonds is 42. The lowest BCUT2D eigenvalue weighted by Crippen LogP contribution is -2.61. The van der Waals surface area contributed by atoms with Gasteiger partial charge < -0.3 is 64.2 Å². The van der Waals surface area contributed by atoms with Gasteiger partial charge in [0.15, 0.2) is 18.7 Å². The lowest BCUT2D eigenvalue weighted by molar-refractivity contribution is -0.332. The van der Waals surface area contributed by atoms with Gasteiger partial charge in [0.25, 0.3) is 0 Å². The number of carbonyl (C=O) groups is 2. The molecule has 0 aliphatic carbocycles. The van der Waals surface area contributed by atoms with Crippen LogP contribution in [0.25, 0.3) is 0 Å². The summed E-state index contributed by atoms with van der Waals surface area (Å²) in [5, 5.41) is 72.1. The Morgan fingerprint density at radius 1 is 0.471 bits per heavy atom. The molecule has 0 aromatic rings. The topological polar surface area (TPSA) is 231 Å². The Hall–Kier alpha value is -2.02. The van der Waals surface area contributed by atoms with Gasteiger partial charge in [-0.2, -0.15) is 0 Å². The van der Waals surface area contributed by atoms with E-state index in [4.69, 9.17) is 28.4 Å². The monoisotopic (exact) mass is 973 g/mol. The van der Waals surface area contributed by atoms with E-state index in [0.717, 1.165) is 64.2 Å². The molecule has 2 rings (SSSR count). The van der Waals surface area contributed by atoms with Crippen LogP contribution in [0.1, 0.15) is 206 Å². The van der Waals surface area contributed by atoms with Gasteiger partial charge in [-0.25, -0.2) is 0 Å². The molecule has 0 saturated carbocycles. The Bertz CT molecular complexity index is 1280. The van der Waals surface area contributed by atoms with Gasteiger partial charge in [-0.1, -0.05) is 173 Å². The van der Waals surface area contributed by atoms with Crippen molar-refractivity contribution in [1.82, 2.24) is 0 Å². The van der Waals surface area contributed by atoms with Crippen LogP contribution in [-0.2, 0) is 38.0 Å². The van der Waals surface area contributed by atoms with Crippen molar-refractivity contribution < 1.29 is 73.8 Å². The van der Waals surface area contributed by atoms with Gasteiger partial charge in [-0.15, -0.1) is 0 Å². The third-order valence-electron chi connectivity index (χ3n) is 12.9. The Morgan fingerprint density at radius 2 is 0.882 bits per heavy atom. The van der Waals surface area contributed by atoms with E-state index >= 15 is 0 Å². The molecule has 0 bridgehead atoms. The minimum atomic E-state index is -1.77. The molecule has 2 aliphatic rings. The van der Waals surface area contributed by atoms with E-state index < -0.39 is 92.7 Å². The highest BCUT2D eigenvalue weighted by molar-refractivity contribution is 5.70. The fraction of sp³-hybridized carbons (Fsp3) is 0.887. The zero-order chi connectivity index (χ0) is 49.6. The van der Waals surface area contributed by atoms with E-state index in [2.05, 4.69) is 38.2 Å². The quantitative estimate of drug-likeness (QED) is 0.0175. The molecule has 0 radical (unpaired) electrons. The van der Waals surface area contributed by atoms with E-state index in [1.807, 2.05) is 0 Å². The molecular weight excluding hydrogens is 877 g/mol. The summed E-state index contributed by atoms with van der Waals surface area (Å²) in [6.45, 7) is 2.58. The van der Waals surface area contributed by atoms with Gasteiger partial charge in [0.05, 0.1) is 19.8 Å². The first-order chi connectivity index (χ1) is 33.0. The average molecular weight is 973 g/mol. The lowest BCUT2D eigenvalue weighted by atomic mass is 9.98. The zero-order valence-electron chi connectivity index (χ0n) is 42.1. The molecule has 2 saturated heterocycles. The summed E-state index contributed by atoms with van der Waals surface area (Å²) in [5.74, 6) is -0.932. The van der Waals surface area contributed by atoms with Crippen LogP contribution in [0, 0.1) is 0 Å². The number of aliphatic hydroxyl groups is 7. The number of aliphatic hydroxyl groups excluding tert-OH is 7. The van der Waals surface area contributed by atoms with E-state index in [1.165, 1.54) is 103 Å². The first-order valence-electron chi connectivity index (χ1n) is 26.9. The van der Waals surface area contributed by atoms with E-state index in [-0.39, 0.29) is 26.1 Å². The number of ether oxygens (including phenoxy) is 6. The Labute approximate surface area is 409 Å². The fourth-order valence-electron chi connectivity index (χ4n) is 8.48. The van der Waals surface area contributed by atoms with Crippen molar-refractivity contribution in [2.24, 2.45) is 0 Å². The molecule has 0 amide bonds. The molecule has 7 N–H and O–H groups in total. The first-order valence-corrected chi connectivity index (χ1v) is 26.9. The van der Waals surface area contributed by atoms with Crippen LogP contribution >= 0.6 is 0 Å². The third kappa shape index (κ3) is 28.1. The van der Waals surface area contributed by atoms with Gasteiger partial charge in [-0.3, -0.25) is 9.59 Å². The van der Waals surface area contributed by atoms with Gasteiger partial charge in [-0.05, 0) is 44.9 Å². The van der Waals surface area contributed by atoms with Gasteiger partial charge in [0.2, 0.25) is 0 Å².